The minimum absolute atomic E-state index is 0.00880. The van der Waals surface area contributed by atoms with E-state index >= 15 is 0 Å². The fraction of sp³-hybridized carbons (Fsp3) is 0. The van der Waals surface area contributed by atoms with Crippen molar-refractivity contribution < 1.29 is 8.78 Å². The van der Waals surface area contributed by atoms with Gasteiger partial charge in [0.15, 0.2) is 11.6 Å². The molecule has 5 heteroatoms. The maximum absolute atomic E-state index is 13.3. The molecule has 0 saturated carbocycles. The molecule has 0 saturated heterocycles. The van der Waals surface area contributed by atoms with E-state index in [0.29, 0.717) is 0 Å². The van der Waals surface area contributed by atoms with Gasteiger partial charge in [-0.1, -0.05) is 12.1 Å². The van der Waals surface area contributed by atoms with Crippen molar-refractivity contribution in [2.24, 2.45) is 0 Å². The third-order valence-corrected chi connectivity index (χ3v) is 1.96. The van der Waals surface area contributed by atoms with Gasteiger partial charge in [0.25, 0.3) is 5.56 Å². The van der Waals surface area contributed by atoms with Crippen LogP contribution in [0.25, 0.3) is 11.1 Å². The van der Waals surface area contributed by atoms with Gasteiger partial charge in [0, 0.05) is 11.8 Å². The van der Waals surface area contributed by atoms with Gasteiger partial charge in [-0.3, -0.25) is 4.79 Å². The van der Waals surface area contributed by atoms with Gasteiger partial charge in [0.1, 0.15) is 0 Å². The molecule has 15 heavy (non-hydrogen) atoms. The van der Waals surface area contributed by atoms with Crippen molar-refractivity contribution >= 4 is 0 Å². The molecule has 3 nitrogen and oxygen atoms in total. The van der Waals surface area contributed by atoms with Crippen molar-refractivity contribution in [2.45, 2.75) is 0 Å². The molecular formula is C10H6F2N2O. The van der Waals surface area contributed by atoms with Gasteiger partial charge in [-0.25, -0.2) is 13.8 Å². The van der Waals surface area contributed by atoms with Gasteiger partial charge in [-0.15, -0.1) is 0 Å². The number of halogens is 2. The Bertz CT molecular complexity index is 551. The quantitative estimate of drug-likeness (QED) is 0.775. The van der Waals surface area contributed by atoms with Crippen molar-refractivity contribution in [3.63, 3.8) is 0 Å². The van der Waals surface area contributed by atoms with E-state index in [9.17, 15) is 13.6 Å². The molecule has 76 valence electrons. The maximum Gasteiger partial charge on any atom is 0.258 e. The Balaban J connectivity index is 2.70. The number of nitrogens with zero attached hydrogens (tertiary/aromatic N) is 1. The monoisotopic (exact) mass is 208 g/mol. The lowest BCUT2D eigenvalue weighted by atomic mass is 10.1. The summed E-state index contributed by atoms with van der Waals surface area (Å²) in [6, 6.07) is 3.65. The highest BCUT2D eigenvalue weighted by molar-refractivity contribution is 5.61. The number of hydrogen-bond donors (Lipinski definition) is 1. The summed E-state index contributed by atoms with van der Waals surface area (Å²) in [4.78, 5) is 17.2. The molecule has 0 fully saturated rings. The summed E-state index contributed by atoms with van der Waals surface area (Å²) in [5.41, 5.74) is -0.589. The van der Waals surface area contributed by atoms with Gasteiger partial charge >= 0.3 is 0 Å². The molecule has 2 aromatic rings. The molecule has 1 N–H and O–H groups in total. The fourth-order valence-electron chi connectivity index (χ4n) is 1.25. The molecule has 0 bridgehead atoms. The molecule has 0 atom stereocenters. The van der Waals surface area contributed by atoms with Gasteiger partial charge in [-0.05, 0) is 6.07 Å². The first-order valence-electron chi connectivity index (χ1n) is 4.17. The Morgan fingerprint density at radius 2 is 2.00 bits per heavy atom. The fourth-order valence-corrected chi connectivity index (χ4v) is 1.25. The maximum atomic E-state index is 13.3. The topological polar surface area (TPSA) is 45.8 Å². The SMILES string of the molecule is O=c1[nH]cncc1-c1cccc(F)c1F. The molecular weight excluding hydrogens is 202 g/mol. The summed E-state index contributed by atoms with van der Waals surface area (Å²) in [7, 11) is 0. The molecule has 0 amide bonds. The molecule has 0 spiro atoms. The average molecular weight is 208 g/mol. The van der Waals surface area contributed by atoms with Crippen molar-refractivity contribution in [1.29, 1.82) is 0 Å². The largest absolute Gasteiger partial charge is 0.313 e. The van der Waals surface area contributed by atoms with Gasteiger partial charge < -0.3 is 4.98 Å². The van der Waals surface area contributed by atoms with Crippen LogP contribution in [0.3, 0.4) is 0 Å². The van der Waals surface area contributed by atoms with Gasteiger partial charge in [0.2, 0.25) is 0 Å². The number of H-pyrrole nitrogens is 1. The minimum Gasteiger partial charge on any atom is -0.313 e. The van der Waals surface area contributed by atoms with Crippen LogP contribution in [0.4, 0.5) is 8.78 Å². The lowest BCUT2D eigenvalue weighted by Crippen LogP contribution is -2.09. The second-order valence-electron chi connectivity index (χ2n) is 2.90. The Morgan fingerprint density at radius 3 is 2.73 bits per heavy atom. The van der Waals surface area contributed by atoms with E-state index in [1.807, 2.05) is 0 Å². The number of rotatable bonds is 1. The summed E-state index contributed by atoms with van der Waals surface area (Å²) in [6.07, 6.45) is 2.37. The van der Waals surface area contributed by atoms with Crippen LogP contribution in [0.15, 0.2) is 35.5 Å². The summed E-state index contributed by atoms with van der Waals surface area (Å²) < 4.78 is 26.2. The molecule has 0 unspecified atom stereocenters. The van der Waals surface area contributed by atoms with E-state index in [-0.39, 0.29) is 11.1 Å². The molecule has 1 aromatic carbocycles. The van der Waals surface area contributed by atoms with Crippen LogP contribution in [0.2, 0.25) is 0 Å². The Morgan fingerprint density at radius 1 is 1.20 bits per heavy atom. The van der Waals surface area contributed by atoms with Crippen molar-refractivity contribution in [3.05, 3.63) is 52.7 Å². The standard InChI is InChI=1S/C10H6F2N2O/c11-8-3-1-2-6(9(8)12)7-4-13-5-14-10(7)15/h1-5H,(H,13,14,15). The zero-order valence-corrected chi connectivity index (χ0v) is 7.50. The van der Waals surface area contributed by atoms with E-state index < -0.39 is 17.2 Å². The molecule has 0 aliphatic heterocycles. The van der Waals surface area contributed by atoms with Gasteiger partial charge in [-0.2, -0.15) is 0 Å². The molecule has 0 aliphatic rings. The number of aromatic amines is 1. The zero-order chi connectivity index (χ0) is 10.8. The summed E-state index contributed by atoms with van der Waals surface area (Å²) in [6.45, 7) is 0. The number of aromatic nitrogens is 2. The van der Waals surface area contributed by atoms with E-state index in [4.69, 9.17) is 0 Å². The first-order valence-corrected chi connectivity index (χ1v) is 4.17. The second kappa shape index (κ2) is 3.61. The lowest BCUT2D eigenvalue weighted by Gasteiger charge is -2.01. The van der Waals surface area contributed by atoms with Crippen molar-refractivity contribution in [3.8, 4) is 11.1 Å². The van der Waals surface area contributed by atoms with E-state index in [2.05, 4.69) is 9.97 Å². The number of nitrogens with one attached hydrogen (secondary N) is 1. The molecule has 0 radical (unpaired) electrons. The predicted molar refractivity (Wildman–Crippen MR) is 50.2 cm³/mol. The average Bonchev–Trinajstić information content (AvgIpc) is 2.23. The van der Waals surface area contributed by atoms with E-state index in [1.54, 1.807) is 0 Å². The van der Waals surface area contributed by atoms with E-state index in [1.165, 1.54) is 24.7 Å². The molecule has 1 heterocycles. The number of benzene rings is 1. The smallest absolute Gasteiger partial charge is 0.258 e. The van der Waals surface area contributed by atoms with Crippen LogP contribution in [0, 0.1) is 11.6 Å². The predicted octanol–water partition coefficient (Wildman–Crippen LogP) is 1.72. The van der Waals surface area contributed by atoms with Crippen LogP contribution in [0.1, 0.15) is 0 Å². The van der Waals surface area contributed by atoms with E-state index in [0.717, 1.165) is 6.07 Å². The normalized spacial score (nSPS) is 10.3. The van der Waals surface area contributed by atoms with Crippen molar-refractivity contribution in [1.82, 2.24) is 9.97 Å². The van der Waals surface area contributed by atoms with Gasteiger partial charge in [0.05, 0.1) is 11.9 Å². The third kappa shape index (κ3) is 1.63. The Hall–Kier alpha value is -2.04. The third-order valence-electron chi connectivity index (χ3n) is 1.96. The first-order chi connectivity index (χ1) is 7.20. The van der Waals surface area contributed by atoms with Crippen LogP contribution < -0.4 is 5.56 Å². The highest BCUT2D eigenvalue weighted by atomic mass is 19.2. The first kappa shape index (κ1) is 9.51. The Kier molecular flexibility index (Phi) is 2.29. The zero-order valence-electron chi connectivity index (χ0n) is 7.50. The Labute approximate surface area is 83.4 Å². The molecule has 1 aromatic heterocycles. The number of hydrogen-bond acceptors (Lipinski definition) is 2. The summed E-state index contributed by atoms with van der Waals surface area (Å²) >= 11 is 0. The summed E-state index contributed by atoms with van der Waals surface area (Å²) in [5.74, 6) is -2.04. The molecule has 2 rings (SSSR count). The minimum atomic E-state index is -1.05. The van der Waals surface area contributed by atoms with Crippen molar-refractivity contribution in [2.75, 3.05) is 0 Å². The van der Waals surface area contributed by atoms with Crippen LogP contribution in [-0.2, 0) is 0 Å². The lowest BCUT2D eigenvalue weighted by molar-refractivity contribution is 0.511. The highest BCUT2D eigenvalue weighted by Crippen LogP contribution is 2.20. The molecule has 0 aliphatic carbocycles. The highest BCUT2D eigenvalue weighted by Gasteiger charge is 2.12. The van der Waals surface area contributed by atoms with Crippen LogP contribution in [-0.4, -0.2) is 9.97 Å². The second-order valence-corrected chi connectivity index (χ2v) is 2.90. The van der Waals surface area contributed by atoms with Crippen LogP contribution >= 0.6 is 0 Å². The van der Waals surface area contributed by atoms with Crippen LogP contribution in [0.5, 0.6) is 0 Å². The summed E-state index contributed by atoms with van der Waals surface area (Å²) in [5, 5.41) is 0.